The average Bonchev–Trinajstić information content (AvgIpc) is 2.62. The van der Waals surface area contributed by atoms with Crippen LogP contribution in [-0.4, -0.2) is 32.2 Å². The van der Waals surface area contributed by atoms with E-state index < -0.39 is 0 Å². The normalized spacial score (nSPS) is 11.0. The Kier molecular flexibility index (Phi) is 9.98. The highest BCUT2D eigenvalue weighted by Gasteiger charge is 2.11. The second-order valence-corrected chi connectivity index (χ2v) is 5.35. The number of benzene rings is 1. The third kappa shape index (κ3) is 7.30. The van der Waals surface area contributed by atoms with Crippen molar-refractivity contribution < 1.29 is 9.53 Å². The average molecular weight is 329 g/mol. The number of hydrogen-bond donors (Lipinski definition) is 1. The molecule has 24 heavy (non-hydrogen) atoms. The van der Waals surface area contributed by atoms with Gasteiger partial charge in [0.25, 0.3) is 5.91 Å². The second-order valence-electron chi connectivity index (χ2n) is 5.35. The Bertz CT molecular complexity index is 549. The molecular weight excluding hydrogens is 302 g/mol. The van der Waals surface area contributed by atoms with Gasteiger partial charge in [-0.15, -0.1) is 0 Å². The quantitative estimate of drug-likeness (QED) is 0.384. The zero-order valence-electron chi connectivity index (χ0n) is 14.6. The first-order valence-corrected chi connectivity index (χ1v) is 8.52. The smallest absolute Gasteiger partial charge is 0.263 e. The Morgan fingerprint density at radius 2 is 1.96 bits per heavy atom. The lowest BCUT2D eigenvalue weighted by molar-refractivity contribution is -0.117. The fourth-order valence-electron chi connectivity index (χ4n) is 2.08. The molecule has 130 valence electrons. The first kappa shape index (κ1) is 19.7. The summed E-state index contributed by atoms with van der Waals surface area (Å²) in [4.78, 5) is 14.0. The highest BCUT2D eigenvalue weighted by Crippen LogP contribution is 2.14. The number of rotatable bonds is 11. The molecule has 0 spiro atoms. The van der Waals surface area contributed by atoms with Crippen molar-refractivity contribution >= 4 is 11.6 Å². The second kappa shape index (κ2) is 12.1. The lowest BCUT2D eigenvalue weighted by Gasteiger charge is -2.18. The number of anilines is 1. The number of carbonyl (C=O) groups is 1. The van der Waals surface area contributed by atoms with E-state index in [1.165, 1.54) is 0 Å². The van der Waals surface area contributed by atoms with E-state index in [4.69, 9.17) is 4.74 Å². The van der Waals surface area contributed by atoms with Crippen molar-refractivity contribution in [2.75, 3.05) is 31.2 Å². The number of nitrogens with zero attached hydrogens (tertiary/aromatic N) is 2. The first-order valence-electron chi connectivity index (χ1n) is 8.52. The third-order valence-electron chi connectivity index (χ3n) is 3.47. The Labute approximate surface area is 144 Å². The van der Waals surface area contributed by atoms with Crippen molar-refractivity contribution in [1.29, 1.82) is 5.26 Å². The first-order chi connectivity index (χ1) is 11.7. The van der Waals surface area contributed by atoms with Crippen molar-refractivity contribution in [3.05, 3.63) is 42.1 Å². The number of para-hydroxylation sites is 1. The van der Waals surface area contributed by atoms with E-state index >= 15 is 0 Å². The van der Waals surface area contributed by atoms with Gasteiger partial charge in [-0.05, 0) is 31.9 Å². The molecule has 0 heterocycles. The van der Waals surface area contributed by atoms with Crippen LogP contribution in [-0.2, 0) is 9.53 Å². The van der Waals surface area contributed by atoms with Gasteiger partial charge in [-0.1, -0.05) is 31.5 Å². The van der Waals surface area contributed by atoms with Gasteiger partial charge in [0.15, 0.2) is 0 Å². The summed E-state index contributed by atoms with van der Waals surface area (Å²) in [6.07, 6.45) is 4.51. The monoisotopic (exact) mass is 329 g/mol. The maximum Gasteiger partial charge on any atom is 0.263 e. The van der Waals surface area contributed by atoms with Crippen molar-refractivity contribution in [3.8, 4) is 6.07 Å². The number of amides is 1. The molecular formula is C19H27N3O2. The van der Waals surface area contributed by atoms with E-state index in [1.54, 1.807) is 6.20 Å². The van der Waals surface area contributed by atoms with E-state index in [1.807, 2.05) is 48.2 Å². The minimum Gasteiger partial charge on any atom is -0.381 e. The zero-order chi connectivity index (χ0) is 17.6. The van der Waals surface area contributed by atoms with Crippen LogP contribution in [0.1, 0.15) is 33.1 Å². The topological polar surface area (TPSA) is 65.4 Å². The molecule has 1 aromatic carbocycles. The van der Waals surface area contributed by atoms with E-state index in [2.05, 4.69) is 12.2 Å². The summed E-state index contributed by atoms with van der Waals surface area (Å²) in [5.41, 5.74) is 1.05. The van der Waals surface area contributed by atoms with Crippen molar-refractivity contribution in [3.63, 3.8) is 0 Å². The van der Waals surface area contributed by atoms with Gasteiger partial charge in [0.1, 0.15) is 11.6 Å². The SMILES string of the molecule is CCCCOCCCNC(=O)/C(C#N)=C\N(CC)c1ccccc1. The minimum atomic E-state index is -0.347. The lowest BCUT2D eigenvalue weighted by Crippen LogP contribution is -2.28. The predicted octanol–water partition coefficient (Wildman–Crippen LogP) is 3.24. The Morgan fingerprint density at radius 3 is 2.58 bits per heavy atom. The molecule has 0 fully saturated rings. The summed E-state index contributed by atoms with van der Waals surface area (Å²) in [7, 11) is 0. The highest BCUT2D eigenvalue weighted by atomic mass is 16.5. The summed E-state index contributed by atoms with van der Waals surface area (Å²) in [6, 6.07) is 11.7. The molecule has 5 heteroatoms. The molecule has 0 radical (unpaired) electrons. The standard InChI is InChI=1S/C19H27N3O2/c1-3-5-13-24-14-9-12-21-19(23)17(15-20)16-22(4-2)18-10-7-6-8-11-18/h6-8,10-11,16H,3-5,9,12-14H2,1-2H3,(H,21,23)/b17-16-. The van der Waals surface area contributed by atoms with Crippen molar-refractivity contribution in [1.82, 2.24) is 5.32 Å². The number of hydrogen-bond acceptors (Lipinski definition) is 4. The van der Waals surface area contributed by atoms with Crippen LogP contribution >= 0.6 is 0 Å². The number of carbonyl (C=O) groups excluding carboxylic acids is 1. The van der Waals surface area contributed by atoms with Gasteiger partial charge in [0.05, 0.1) is 0 Å². The number of unbranched alkanes of at least 4 members (excludes halogenated alkanes) is 1. The van der Waals surface area contributed by atoms with Crippen LogP contribution in [0.25, 0.3) is 0 Å². The zero-order valence-corrected chi connectivity index (χ0v) is 14.6. The Hall–Kier alpha value is -2.32. The third-order valence-corrected chi connectivity index (χ3v) is 3.47. The maximum absolute atomic E-state index is 12.1. The predicted molar refractivity (Wildman–Crippen MR) is 96.5 cm³/mol. The van der Waals surface area contributed by atoms with Crippen molar-refractivity contribution in [2.45, 2.75) is 33.1 Å². The van der Waals surface area contributed by atoms with Gasteiger partial charge in [-0.25, -0.2) is 0 Å². The molecule has 0 unspecified atom stereocenters. The van der Waals surface area contributed by atoms with E-state index in [-0.39, 0.29) is 11.5 Å². The number of nitriles is 1. The molecule has 1 N–H and O–H groups in total. The van der Waals surface area contributed by atoms with Crippen molar-refractivity contribution in [2.24, 2.45) is 0 Å². The summed E-state index contributed by atoms with van der Waals surface area (Å²) in [5.74, 6) is -0.347. The fourth-order valence-corrected chi connectivity index (χ4v) is 2.08. The van der Waals surface area contributed by atoms with Crippen LogP contribution in [0.2, 0.25) is 0 Å². The molecule has 0 bridgehead atoms. The molecule has 0 saturated heterocycles. The molecule has 5 nitrogen and oxygen atoms in total. The van der Waals surface area contributed by atoms with E-state index in [0.717, 1.165) is 31.6 Å². The van der Waals surface area contributed by atoms with E-state index in [9.17, 15) is 10.1 Å². The molecule has 0 aliphatic heterocycles. The van der Waals surface area contributed by atoms with Gasteiger partial charge in [0, 0.05) is 38.2 Å². The maximum atomic E-state index is 12.1. The molecule has 0 saturated carbocycles. The largest absolute Gasteiger partial charge is 0.381 e. The summed E-state index contributed by atoms with van der Waals surface area (Å²) in [6.45, 7) is 6.65. The molecule has 0 aromatic heterocycles. The molecule has 1 rings (SSSR count). The molecule has 1 aromatic rings. The van der Waals surface area contributed by atoms with Crippen LogP contribution in [0, 0.1) is 11.3 Å². The molecule has 0 aliphatic carbocycles. The fraction of sp³-hybridized carbons (Fsp3) is 0.474. The summed E-state index contributed by atoms with van der Waals surface area (Å²) < 4.78 is 5.44. The Morgan fingerprint density at radius 1 is 1.25 bits per heavy atom. The van der Waals surface area contributed by atoms with Gasteiger partial charge >= 0.3 is 0 Å². The minimum absolute atomic E-state index is 0.104. The molecule has 0 aliphatic rings. The van der Waals surface area contributed by atoms with Gasteiger partial charge in [-0.3, -0.25) is 4.79 Å². The number of nitrogens with one attached hydrogen (secondary N) is 1. The molecule has 0 atom stereocenters. The summed E-state index contributed by atoms with van der Waals surface area (Å²) in [5, 5.41) is 12.0. The van der Waals surface area contributed by atoms with Gasteiger partial charge in [-0.2, -0.15) is 5.26 Å². The highest BCUT2D eigenvalue weighted by molar-refractivity contribution is 5.97. The Balaban J connectivity index is 2.49. The van der Waals surface area contributed by atoms with Crippen LogP contribution in [0.3, 0.4) is 0 Å². The van der Waals surface area contributed by atoms with Crippen LogP contribution in [0.15, 0.2) is 42.1 Å². The van der Waals surface area contributed by atoms with Crippen LogP contribution in [0.5, 0.6) is 0 Å². The van der Waals surface area contributed by atoms with Gasteiger partial charge in [0.2, 0.25) is 0 Å². The summed E-state index contributed by atoms with van der Waals surface area (Å²) >= 11 is 0. The number of ether oxygens (including phenoxy) is 1. The van der Waals surface area contributed by atoms with E-state index in [0.29, 0.717) is 19.7 Å². The molecule has 1 amide bonds. The van der Waals surface area contributed by atoms with Crippen LogP contribution < -0.4 is 10.2 Å². The lowest BCUT2D eigenvalue weighted by atomic mass is 10.2. The van der Waals surface area contributed by atoms with Crippen LogP contribution in [0.4, 0.5) is 5.69 Å². The van der Waals surface area contributed by atoms with Gasteiger partial charge < -0.3 is 15.0 Å².